The second-order valence-corrected chi connectivity index (χ2v) is 5.91. The van der Waals surface area contributed by atoms with E-state index in [0.717, 1.165) is 39.9 Å². The fourth-order valence-electron chi connectivity index (χ4n) is 2.73. The van der Waals surface area contributed by atoms with Crippen LogP contribution in [0.3, 0.4) is 0 Å². The number of hydrogen-bond donors (Lipinski definition) is 1. The van der Waals surface area contributed by atoms with Gasteiger partial charge in [0.25, 0.3) is 0 Å². The van der Waals surface area contributed by atoms with E-state index in [4.69, 9.17) is 9.72 Å². The minimum Gasteiger partial charge on any atom is -0.497 e. The summed E-state index contributed by atoms with van der Waals surface area (Å²) in [6.07, 6.45) is 3.53. The molecule has 0 fully saturated rings. The Morgan fingerprint density at radius 3 is 1.74 bits per heavy atom. The third-order valence-electron chi connectivity index (χ3n) is 4.06. The summed E-state index contributed by atoms with van der Waals surface area (Å²) in [5.74, 6) is 0.818. The average molecular weight is 354 g/mol. The highest BCUT2D eigenvalue weighted by molar-refractivity contribution is 5.72. The van der Waals surface area contributed by atoms with Crippen molar-refractivity contribution in [2.45, 2.75) is 0 Å². The number of benzene rings is 1. The van der Waals surface area contributed by atoms with Crippen molar-refractivity contribution in [1.29, 1.82) is 0 Å². The van der Waals surface area contributed by atoms with E-state index in [-0.39, 0.29) is 0 Å². The smallest absolute Gasteiger partial charge is 0.119 e. The van der Waals surface area contributed by atoms with Gasteiger partial charge in [-0.2, -0.15) is 0 Å². The molecule has 132 valence electrons. The van der Waals surface area contributed by atoms with Crippen LogP contribution in [0.5, 0.6) is 5.75 Å². The van der Waals surface area contributed by atoms with Crippen molar-refractivity contribution in [2.75, 3.05) is 12.4 Å². The summed E-state index contributed by atoms with van der Waals surface area (Å²) in [6.45, 7) is 0. The first-order valence-electron chi connectivity index (χ1n) is 8.58. The number of hydrogen-bond acceptors (Lipinski definition) is 5. The van der Waals surface area contributed by atoms with E-state index >= 15 is 0 Å². The lowest BCUT2D eigenvalue weighted by atomic mass is 10.1. The molecule has 0 saturated heterocycles. The third kappa shape index (κ3) is 3.93. The van der Waals surface area contributed by atoms with Crippen LogP contribution in [0.25, 0.3) is 22.8 Å². The molecule has 0 atom stereocenters. The average Bonchev–Trinajstić information content (AvgIpc) is 2.75. The number of ether oxygens (including phenoxy) is 1. The highest BCUT2D eigenvalue weighted by atomic mass is 16.5. The van der Waals surface area contributed by atoms with Crippen molar-refractivity contribution in [3.63, 3.8) is 0 Å². The van der Waals surface area contributed by atoms with Crippen molar-refractivity contribution in [3.8, 4) is 28.5 Å². The number of rotatable bonds is 5. The van der Waals surface area contributed by atoms with Crippen molar-refractivity contribution in [1.82, 2.24) is 15.0 Å². The maximum Gasteiger partial charge on any atom is 0.119 e. The molecule has 0 spiro atoms. The van der Waals surface area contributed by atoms with Gasteiger partial charge >= 0.3 is 0 Å². The predicted molar refractivity (Wildman–Crippen MR) is 107 cm³/mol. The molecular formula is C22H18N4O. The number of methoxy groups -OCH3 is 1. The first-order valence-corrected chi connectivity index (χ1v) is 8.58. The van der Waals surface area contributed by atoms with Gasteiger partial charge in [0.15, 0.2) is 0 Å². The molecule has 0 saturated carbocycles. The summed E-state index contributed by atoms with van der Waals surface area (Å²) in [5.41, 5.74) is 5.07. The number of nitrogens with zero attached hydrogens (tertiary/aromatic N) is 3. The Bertz CT molecular complexity index is 961. The molecule has 0 aliphatic rings. The second kappa shape index (κ2) is 7.66. The Morgan fingerprint density at radius 1 is 0.667 bits per heavy atom. The maximum absolute atomic E-state index is 5.22. The molecule has 1 N–H and O–H groups in total. The Hall–Kier alpha value is -3.73. The quantitative estimate of drug-likeness (QED) is 0.549. The Balaban J connectivity index is 1.75. The largest absolute Gasteiger partial charge is 0.497 e. The van der Waals surface area contributed by atoms with E-state index in [1.807, 2.05) is 72.8 Å². The number of nitrogens with one attached hydrogen (secondary N) is 1. The van der Waals surface area contributed by atoms with E-state index in [2.05, 4.69) is 15.3 Å². The topological polar surface area (TPSA) is 59.9 Å². The van der Waals surface area contributed by atoms with E-state index in [0.29, 0.717) is 0 Å². The van der Waals surface area contributed by atoms with E-state index in [9.17, 15) is 0 Å². The molecule has 0 aliphatic heterocycles. The van der Waals surface area contributed by atoms with Gasteiger partial charge in [0.2, 0.25) is 0 Å². The van der Waals surface area contributed by atoms with Crippen LogP contribution in [0.2, 0.25) is 0 Å². The van der Waals surface area contributed by atoms with Gasteiger partial charge in [0, 0.05) is 23.8 Å². The molecule has 5 nitrogen and oxygen atoms in total. The van der Waals surface area contributed by atoms with E-state index in [1.165, 1.54) is 0 Å². The molecule has 27 heavy (non-hydrogen) atoms. The third-order valence-corrected chi connectivity index (χ3v) is 4.06. The summed E-state index contributed by atoms with van der Waals surface area (Å²) < 4.78 is 5.22. The molecule has 3 aromatic heterocycles. The normalized spacial score (nSPS) is 10.4. The second-order valence-electron chi connectivity index (χ2n) is 5.91. The Morgan fingerprint density at radius 2 is 1.26 bits per heavy atom. The summed E-state index contributed by atoms with van der Waals surface area (Å²) in [4.78, 5) is 13.6. The molecule has 4 aromatic rings. The summed E-state index contributed by atoms with van der Waals surface area (Å²) in [7, 11) is 1.66. The van der Waals surface area contributed by atoms with Crippen molar-refractivity contribution >= 4 is 11.4 Å². The zero-order chi connectivity index (χ0) is 18.5. The zero-order valence-corrected chi connectivity index (χ0v) is 14.8. The highest BCUT2D eigenvalue weighted by Crippen LogP contribution is 2.27. The molecule has 4 rings (SSSR count). The molecule has 1 aromatic carbocycles. The molecule has 0 amide bonds. The molecule has 0 aliphatic carbocycles. The van der Waals surface area contributed by atoms with Crippen molar-refractivity contribution in [3.05, 3.63) is 85.2 Å². The molecule has 5 heteroatoms. The van der Waals surface area contributed by atoms with Crippen LogP contribution in [0.15, 0.2) is 85.2 Å². The molecular weight excluding hydrogens is 336 g/mol. The first kappa shape index (κ1) is 16.7. The Labute approximate surface area is 157 Å². The van der Waals surface area contributed by atoms with E-state index in [1.54, 1.807) is 19.5 Å². The standard InChI is InChI=1S/C22H18N4O/c1-27-18-10-8-16(9-11-18)25-17-14-21(19-6-2-4-12-23-19)26-22(15-17)20-7-3-5-13-24-20/h2-15H,1H3,(H,25,26). The molecule has 3 heterocycles. The van der Waals surface area contributed by atoms with E-state index < -0.39 is 0 Å². The molecule has 0 radical (unpaired) electrons. The van der Waals surface area contributed by atoms with Gasteiger partial charge in [-0.25, -0.2) is 4.98 Å². The molecule has 0 unspecified atom stereocenters. The fourth-order valence-corrected chi connectivity index (χ4v) is 2.73. The fraction of sp³-hybridized carbons (Fsp3) is 0.0455. The predicted octanol–water partition coefficient (Wildman–Crippen LogP) is 4.96. The first-order chi connectivity index (χ1) is 13.3. The minimum absolute atomic E-state index is 0.787. The van der Waals surface area contributed by atoms with Gasteiger partial charge in [0.1, 0.15) is 5.75 Å². The van der Waals surface area contributed by atoms with Crippen LogP contribution in [0, 0.1) is 0 Å². The monoisotopic (exact) mass is 354 g/mol. The van der Waals surface area contributed by atoms with Crippen LogP contribution < -0.4 is 10.1 Å². The number of anilines is 2. The van der Waals surface area contributed by atoms with Gasteiger partial charge in [0.05, 0.1) is 29.9 Å². The van der Waals surface area contributed by atoms with Crippen molar-refractivity contribution < 1.29 is 4.74 Å². The van der Waals surface area contributed by atoms with Crippen molar-refractivity contribution in [2.24, 2.45) is 0 Å². The lowest BCUT2D eigenvalue weighted by molar-refractivity contribution is 0.415. The summed E-state index contributed by atoms with van der Waals surface area (Å²) in [6, 6.07) is 23.3. The molecule has 0 bridgehead atoms. The van der Waals surface area contributed by atoms with Gasteiger partial charge in [-0.1, -0.05) is 12.1 Å². The van der Waals surface area contributed by atoms with Crippen LogP contribution in [0.1, 0.15) is 0 Å². The highest BCUT2D eigenvalue weighted by Gasteiger charge is 2.09. The van der Waals surface area contributed by atoms with Gasteiger partial charge in [-0.3, -0.25) is 9.97 Å². The van der Waals surface area contributed by atoms with Crippen LogP contribution in [-0.2, 0) is 0 Å². The minimum atomic E-state index is 0.787. The zero-order valence-electron chi connectivity index (χ0n) is 14.8. The summed E-state index contributed by atoms with van der Waals surface area (Å²) in [5, 5.41) is 3.42. The number of aromatic nitrogens is 3. The summed E-state index contributed by atoms with van der Waals surface area (Å²) >= 11 is 0. The lowest BCUT2D eigenvalue weighted by Crippen LogP contribution is -1.97. The van der Waals surface area contributed by atoms with Gasteiger partial charge in [-0.15, -0.1) is 0 Å². The van der Waals surface area contributed by atoms with Crippen LogP contribution >= 0.6 is 0 Å². The van der Waals surface area contributed by atoms with Gasteiger partial charge in [-0.05, 0) is 60.7 Å². The maximum atomic E-state index is 5.22. The Kier molecular flexibility index (Phi) is 4.74. The number of pyridine rings is 3. The van der Waals surface area contributed by atoms with Crippen LogP contribution in [-0.4, -0.2) is 22.1 Å². The van der Waals surface area contributed by atoms with Crippen LogP contribution in [0.4, 0.5) is 11.4 Å². The van der Waals surface area contributed by atoms with Gasteiger partial charge < -0.3 is 10.1 Å². The lowest BCUT2D eigenvalue weighted by Gasteiger charge is -2.11. The SMILES string of the molecule is COc1ccc(Nc2cc(-c3ccccn3)nc(-c3ccccn3)c2)cc1.